The van der Waals surface area contributed by atoms with Gasteiger partial charge in [0.05, 0.1) is 14.2 Å². The maximum atomic E-state index is 5.32. The molecule has 1 heterocycles. The van der Waals surface area contributed by atoms with Crippen LogP contribution in [0.5, 0.6) is 11.5 Å². The Morgan fingerprint density at radius 2 is 1.78 bits per heavy atom. The van der Waals surface area contributed by atoms with Crippen LogP contribution in [0, 0.1) is 12.8 Å². The first kappa shape index (κ1) is 16.9. The van der Waals surface area contributed by atoms with E-state index in [1.165, 1.54) is 0 Å². The molecule has 0 amide bonds. The molecule has 0 atom stereocenters. The van der Waals surface area contributed by atoms with E-state index in [1.54, 1.807) is 14.2 Å². The summed E-state index contributed by atoms with van der Waals surface area (Å²) >= 11 is 0. The standard InChI is InChI=1S/C17H24N4O2/c1-11(2)10-18-17-19-12(3)8-16(21-17)20-13-6-7-14(22-4)15(9-13)23-5/h6-9,11H,10H2,1-5H3,(H2,18,19,20,21). The van der Waals surface area contributed by atoms with Crippen molar-refractivity contribution in [1.82, 2.24) is 9.97 Å². The maximum absolute atomic E-state index is 5.32. The molecule has 2 N–H and O–H groups in total. The molecule has 1 aromatic carbocycles. The fraction of sp³-hybridized carbons (Fsp3) is 0.412. The number of aromatic nitrogens is 2. The molecule has 1 aromatic heterocycles. The molecular formula is C17H24N4O2. The van der Waals surface area contributed by atoms with Crippen LogP contribution >= 0.6 is 0 Å². The third-order valence-corrected chi connectivity index (χ3v) is 3.18. The average molecular weight is 316 g/mol. The highest BCUT2D eigenvalue weighted by Crippen LogP contribution is 2.31. The van der Waals surface area contributed by atoms with Crippen LogP contribution in [-0.2, 0) is 0 Å². The van der Waals surface area contributed by atoms with Gasteiger partial charge in [-0.25, -0.2) is 4.98 Å². The minimum Gasteiger partial charge on any atom is -0.493 e. The highest BCUT2D eigenvalue weighted by Gasteiger charge is 2.07. The quantitative estimate of drug-likeness (QED) is 0.813. The smallest absolute Gasteiger partial charge is 0.224 e. The van der Waals surface area contributed by atoms with Gasteiger partial charge in [0.15, 0.2) is 11.5 Å². The normalized spacial score (nSPS) is 10.5. The summed E-state index contributed by atoms with van der Waals surface area (Å²) in [6.45, 7) is 7.07. The number of rotatable bonds is 7. The van der Waals surface area contributed by atoms with Crippen LogP contribution in [0.25, 0.3) is 0 Å². The van der Waals surface area contributed by atoms with Crippen molar-refractivity contribution in [3.05, 3.63) is 30.0 Å². The number of benzene rings is 1. The van der Waals surface area contributed by atoms with E-state index in [9.17, 15) is 0 Å². The predicted octanol–water partition coefficient (Wildman–Crippen LogP) is 3.61. The zero-order chi connectivity index (χ0) is 16.8. The second kappa shape index (κ2) is 7.67. The summed E-state index contributed by atoms with van der Waals surface area (Å²) in [5, 5.41) is 6.52. The number of hydrogen-bond donors (Lipinski definition) is 2. The van der Waals surface area contributed by atoms with E-state index in [0.29, 0.717) is 23.4 Å². The molecule has 0 saturated heterocycles. The van der Waals surface area contributed by atoms with Crippen LogP contribution in [0.15, 0.2) is 24.3 Å². The summed E-state index contributed by atoms with van der Waals surface area (Å²) in [5.74, 6) is 3.25. The van der Waals surface area contributed by atoms with Crippen LogP contribution in [0.2, 0.25) is 0 Å². The number of aryl methyl sites for hydroxylation is 1. The molecule has 6 nitrogen and oxygen atoms in total. The van der Waals surface area contributed by atoms with Crippen LogP contribution in [0.4, 0.5) is 17.5 Å². The summed E-state index contributed by atoms with van der Waals surface area (Å²) in [5.41, 5.74) is 1.77. The minimum atomic E-state index is 0.529. The van der Waals surface area contributed by atoms with E-state index in [4.69, 9.17) is 9.47 Å². The Labute approximate surface area is 137 Å². The van der Waals surface area contributed by atoms with Gasteiger partial charge in [0.25, 0.3) is 0 Å². The third-order valence-electron chi connectivity index (χ3n) is 3.18. The lowest BCUT2D eigenvalue weighted by atomic mass is 10.2. The monoisotopic (exact) mass is 316 g/mol. The Kier molecular flexibility index (Phi) is 5.62. The minimum absolute atomic E-state index is 0.529. The Hall–Kier alpha value is -2.50. The number of nitrogens with one attached hydrogen (secondary N) is 2. The van der Waals surface area contributed by atoms with E-state index in [-0.39, 0.29) is 0 Å². The molecule has 124 valence electrons. The molecule has 0 bridgehead atoms. The molecule has 2 aromatic rings. The van der Waals surface area contributed by atoms with E-state index < -0.39 is 0 Å². The summed E-state index contributed by atoms with van der Waals surface area (Å²) in [6.07, 6.45) is 0. The van der Waals surface area contributed by atoms with Gasteiger partial charge >= 0.3 is 0 Å². The van der Waals surface area contributed by atoms with Gasteiger partial charge in [-0.15, -0.1) is 0 Å². The fourth-order valence-electron chi connectivity index (χ4n) is 2.07. The van der Waals surface area contributed by atoms with E-state index >= 15 is 0 Å². The van der Waals surface area contributed by atoms with Crippen molar-refractivity contribution in [1.29, 1.82) is 0 Å². The number of ether oxygens (including phenoxy) is 2. The van der Waals surface area contributed by atoms with Gasteiger partial charge in [0.2, 0.25) is 5.95 Å². The number of anilines is 3. The molecular weight excluding hydrogens is 292 g/mol. The van der Waals surface area contributed by atoms with Crippen LogP contribution in [-0.4, -0.2) is 30.7 Å². The van der Waals surface area contributed by atoms with Crippen molar-refractivity contribution in [2.24, 2.45) is 5.92 Å². The molecule has 2 rings (SSSR count). The molecule has 0 spiro atoms. The summed E-state index contributed by atoms with van der Waals surface area (Å²) in [6, 6.07) is 7.54. The fourth-order valence-corrected chi connectivity index (χ4v) is 2.07. The van der Waals surface area contributed by atoms with E-state index in [0.717, 1.165) is 23.7 Å². The summed E-state index contributed by atoms with van der Waals surface area (Å²) in [4.78, 5) is 8.90. The lowest BCUT2D eigenvalue weighted by Crippen LogP contribution is -2.11. The van der Waals surface area contributed by atoms with Crippen molar-refractivity contribution in [2.45, 2.75) is 20.8 Å². The van der Waals surface area contributed by atoms with Crippen molar-refractivity contribution in [3.8, 4) is 11.5 Å². The molecule has 0 aliphatic carbocycles. The largest absolute Gasteiger partial charge is 0.493 e. The molecule has 0 unspecified atom stereocenters. The first-order valence-electron chi connectivity index (χ1n) is 7.60. The first-order chi connectivity index (χ1) is 11.0. The molecule has 6 heteroatoms. The maximum Gasteiger partial charge on any atom is 0.224 e. The average Bonchev–Trinajstić information content (AvgIpc) is 2.52. The van der Waals surface area contributed by atoms with Gasteiger partial charge in [-0.05, 0) is 25.0 Å². The van der Waals surface area contributed by atoms with Crippen LogP contribution < -0.4 is 20.1 Å². The molecule has 0 aliphatic rings. The number of nitrogens with zero attached hydrogens (tertiary/aromatic N) is 2. The van der Waals surface area contributed by atoms with Crippen molar-refractivity contribution in [3.63, 3.8) is 0 Å². The molecule has 0 fully saturated rings. The SMILES string of the molecule is COc1ccc(Nc2cc(C)nc(NCC(C)C)n2)cc1OC. The Bertz CT molecular complexity index is 659. The van der Waals surface area contributed by atoms with Gasteiger partial charge in [0, 0.05) is 30.1 Å². The second-order valence-corrected chi connectivity index (χ2v) is 5.69. The first-order valence-corrected chi connectivity index (χ1v) is 7.60. The Morgan fingerprint density at radius 1 is 1.04 bits per heavy atom. The topological polar surface area (TPSA) is 68.3 Å². The predicted molar refractivity (Wildman–Crippen MR) is 92.9 cm³/mol. The Morgan fingerprint density at radius 3 is 2.43 bits per heavy atom. The van der Waals surface area contributed by atoms with Gasteiger partial charge in [-0.3, -0.25) is 0 Å². The molecule has 0 radical (unpaired) electrons. The molecule has 0 aliphatic heterocycles. The van der Waals surface area contributed by atoms with E-state index in [2.05, 4.69) is 34.4 Å². The van der Waals surface area contributed by atoms with Crippen molar-refractivity contribution in [2.75, 3.05) is 31.4 Å². The second-order valence-electron chi connectivity index (χ2n) is 5.69. The van der Waals surface area contributed by atoms with Gasteiger partial charge in [-0.1, -0.05) is 13.8 Å². The summed E-state index contributed by atoms with van der Waals surface area (Å²) < 4.78 is 10.6. The lowest BCUT2D eigenvalue weighted by Gasteiger charge is -2.13. The van der Waals surface area contributed by atoms with Crippen LogP contribution in [0.3, 0.4) is 0 Å². The number of methoxy groups -OCH3 is 2. The summed E-state index contributed by atoms with van der Waals surface area (Å²) in [7, 11) is 3.23. The van der Waals surface area contributed by atoms with Gasteiger partial charge < -0.3 is 20.1 Å². The van der Waals surface area contributed by atoms with Crippen molar-refractivity contribution < 1.29 is 9.47 Å². The molecule has 23 heavy (non-hydrogen) atoms. The Balaban J connectivity index is 2.19. The van der Waals surface area contributed by atoms with Gasteiger partial charge in [-0.2, -0.15) is 4.98 Å². The highest BCUT2D eigenvalue weighted by molar-refractivity contribution is 5.62. The lowest BCUT2D eigenvalue weighted by molar-refractivity contribution is 0.355. The van der Waals surface area contributed by atoms with Gasteiger partial charge in [0.1, 0.15) is 5.82 Å². The third kappa shape index (κ3) is 4.74. The molecule has 0 saturated carbocycles. The van der Waals surface area contributed by atoms with Crippen molar-refractivity contribution >= 4 is 17.5 Å². The van der Waals surface area contributed by atoms with Crippen LogP contribution in [0.1, 0.15) is 19.5 Å². The zero-order valence-electron chi connectivity index (χ0n) is 14.3. The zero-order valence-corrected chi connectivity index (χ0v) is 14.3. The number of hydrogen-bond acceptors (Lipinski definition) is 6. The highest BCUT2D eigenvalue weighted by atomic mass is 16.5. The van der Waals surface area contributed by atoms with E-state index in [1.807, 2.05) is 31.2 Å².